The largest absolute Gasteiger partial charge is 0.300 e. The zero-order valence-electron chi connectivity index (χ0n) is 11.5. The van der Waals surface area contributed by atoms with Gasteiger partial charge in [0.1, 0.15) is 5.69 Å². The Hall–Kier alpha value is -1.27. The number of hydrogen-bond acceptors (Lipinski definition) is 3. The lowest BCUT2D eigenvalue weighted by atomic mass is 9.75. The Labute approximate surface area is 131 Å². The quantitative estimate of drug-likeness (QED) is 0.834. The van der Waals surface area contributed by atoms with Crippen LogP contribution >= 0.6 is 15.9 Å². The molecule has 6 heteroatoms. The van der Waals surface area contributed by atoms with Crippen molar-refractivity contribution in [3.63, 3.8) is 0 Å². The summed E-state index contributed by atoms with van der Waals surface area (Å²) in [4.78, 5) is 2.19. The van der Waals surface area contributed by atoms with Crippen LogP contribution in [0.25, 0.3) is 5.69 Å². The number of benzene rings is 1. The van der Waals surface area contributed by atoms with Gasteiger partial charge in [0.25, 0.3) is 0 Å². The molecule has 0 saturated carbocycles. The first-order valence-electron chi connectivity index (χ1n) is 7.25. The van der Waals surface area contributed by atoms with E-state index in [1.54, 1.807) is 10.9 Å². The summed E-state index contributed by atoms with van der Waals surface area (Å²) in [6.45, 7) is 2.48. The summed E-state index contributed by atoms with van der Waals surface area (Å²) in [7, 11) is 0. The van der Waals surface area contributed by atoms with Gasteiger partial charge in [-0.1, -0.05) is 21.1 Å². The van der Waals surface area contributed by atoms with Gasteiger partial charge in [-0.05, 0) is 50.2 Å². The molecular formula is C15H16BrFN4. The van der Waals surface area contributed by atoms with E-state index in [9.17, 15) is 0 Å². The number of fused-ring (bicyclic) bond motifs is 3. The first kappa shape index (κ1) is 13.4. The second-order valence-electron chi connectivity index (χ2n) is 5.94. The van der Waals surface area contributed by atoms with E-state index in [0.29, 0.717) is 12.2 Å². The van der Waals surface area contributed by atoms with Gasteiger partial charge >= 0.3 is 0 Å². The Bertz CT molecular complexity index is 648. The van der Waals surface area contributed by atoms with Gasteiger partial charge in [-0.15, -0.1) is 5.10 Å². The predicted octanol–water partition coefficient (Wildman–Crippen LogP) is 2.92. The van der Waals surface area contributed by atoms with Crippen LogP contribution in [0, 0.1) is 5.92 Å². The van der Waals surface area contributed by atoms with Crippen LogP contribution in [0.3, 0.4) is 0 Å². The lowest BCUT2D eigenvalue weighted by molar-refractivity contribution is -0.0615. The third-order valence-electron chi connectivity index (χ3n) is 4.70. The number of alkyl halides is 1. The fourth-order valence-corrected chi connectivity index (χ4v) is 3.73. The van der Waals surface area contributed by atoms with Gasteiger partial charge in [0.15, 0.2) is 5.67 Å². The van der Waals surface area contributed by atoms with Crippen LogP contribution in [0.5, 0.6) is 0 Å². The number of aromatic nitrogens is 3. The second-order valence-corrected chi connectivity index (χ2v) is 6.85. The standard InChI is InChI=1S/C15H16BrFN4/c16-12-1-3-13(4-2-12)21-9-14(18-19-21)15(17)10-20-7-5-11(15)6-8-20/h1-4,9,11H,5-8,10H2. The molecule has 21 heavy (non-hydrogen) atoms. The van der Waals surface area contributed by atoms with Crippen LogP contribution in [0.1, 0.15) is 18.5 Å². The molecule has 1 unspecified atom stereocenters. The van der Waals surface area contributed by atoms with Crippen molar-refractivity contribution in [3.05, 3.63) is 40.6 Å². The van der Waals surface area contributed by atoms with Crippen molar-refractivity contribution in [2.24, 2.45) is 5.92 Å². The summed E-state index contributed by atoms with van der Waals surface area (Å²) >= 11 is 3.41. The highest BCUT2D eigenvalue weighted by Crippen LogP contribution is 2.44. The topological polar surface area (TPSA) is 34.0 Å². The number of nitrogens with zero attached hydrogens (tertiary/aromatic N) is 4. The molecule has 0 amide bonds. The maximum atomic E-state index is 15.4. The van der Waals surface area contributed by atoms with Crippen LogP contribution < -0.4 is 0 Å². The van der Waals surface area contributed by atoms with Crippen LogP contribution in [0.15, 0.2) is 34.9 Å². The summed E-state index contributed by atoms with van der Waals surface area (Å²) in [6, 6.07) is 7.75. The Kier molecular flexibility index (Phi) is 3.11. The fourth-order valence-electron chi connectivity index (χ4n) is 3.47. The van der Waals surface area contributed by atoms with Gasteiger partial charge in [-0.25, -0.2) is 9.07 Å². The third kappa shape index (κ3) is 2.21. The maximum absolute atomic E-state index is 15.4. The van der Waals surface area contributed by atoms with E-state index in [1.165, 1.54) is 0 Å². The van der Waals surface area contributed by atoms with Gasteiger partial charge in [-0.3, -0.25) is 4.90 Å². The Balaban J connectivity index is 1.66. The van der Waals surface area contributed by atoms with E-state index in [0.717, 1.165) is 36.1 Å². The number of piperidine rings is 3. The minimum atomic E-state index is -1.34. The lowest BCUT2D eigenvalue weighted by Gasteiger charge is -2.47. The van der Waals surface area contributed by atoms with Gasteiger partial charge in [-0.2, -0.15) is 0 Å². The van der Waals surface area contributed by atoms with Crippen LogP contribution in [-0.2, 0) is 5.67 Å². The summed E-state index contributed by atoms with van der Waals surface area (Å²) in [5.41, 5.74) is 0.0195. The molecule has 3 aliphatic rings. The van der Waals surface area contributed by atoms with Gasteiger partial charge in [0.05, 0.1) is 11.9 Å². The smallest absolute Gasteiger partial charge is 0.171 e. The molecule has 2 aromatic rings. The molecule has 110 valence electrons. The predicted molar refractivity (Wildman–Crippen MR) is 81.0 cm³/mol. The van der Waals surface area contributed by atoms with Crippen molar-refractivity contribution in [1.29, 1.82) is 0 Å². The zero-order chi connectivity index (χ0) is 14.4. The molecule has 0 spiro atoms. The highest BCUT2D eigenvalue weighted by molar-refractivity contribution is 9.10. The highest BCUT2D eigenvalue weighted by atomic mass is 79.9. The molecular weight excluding hydrogens is 335 g/mol. The third-order valence-corrected chi connectivity index (χ3v) is 5.23. The molecule has 4 heterocycles. The molecule has 1 aromatic carbocycles. The lowest BCUT2D eigenvalue weighted by Crippen LogP contribution is -2.55. The van der Waals surface area contributed by atoms with E-state index in [4.69, 9.17) is 0 Å². The van der Waals surface area contributed by atoms with E-state index in [-0.39, 0.29) is 5.92 Å². The molecule has 1 aromatic heterocycles. The SMILES string of the molecule is FC1(c2cn(-c3ccc(Br)cc3)nn2)CN2CCC1CC2. The summed E-state index contributed by atoms with van der Waals surface area (Å²) < 4.78 is 18.1. The summed E-state index contributed by atoms with van der Waals surface area (Å²) in [6.07, 6.45) is 3.58. The normalized spacial score (nSPS) is 31.5. The van der Waals surface area contributed by atoms with Crippen molar-refractivity contribution in [3.8, 4) is 5.69 Å². The van der Waals surface area contributed by atoms with E-state index in [2.05, 4.69) is 31.1 Å². The molecule has 5 rings (SSSR count). The van der Waals surface area contributed by atoms with Crippen molar-refractivity contribution < 1.29 is 4.39 Å². The number of rotatable bonds is 2. The Morgan fingerprint density at radius 3 is 2.52 bits per heavy atom. The van der Waals surface area contributed by atoms with Crippen LogP contribution in [0.2, 0.25) is 0 Å². The first-order chi connectivity index (χ1) is 10.1. The first-order valence-corrected chi connectivity index (χ1v) is 8.04. The molecule has 4 nitrogen and oxygen atoms in total. The van der Waals surface area contributed by atoms with E-state index < -0.39 is 5.67 Å². The molecule has 0 N–H and O–H groups in total. The Morgan fingerprint density at radius 2 is 1.90 bits per heavy atom. The van der Waals surface area contributed by atoms with Crippen molar-refractivity contribution in [2.75, 3.05) is 19.6 Å². The highest BCUT2D eigenvalue weighted by Gasteiger charge is 2.50. The van der Waals surface area contributed by atoms with E-state index >= 15 is 4.39 Å². The summed E-state index contributed by atoms with van der Waals surface area (Å²) in [5.74, 6) is 0.0811. The molecule has 3 saturated heterocycles. The maximum Gasteiger partial charge on any atom is 0.171 e. The Morgan fingerprint density at radius 1 is 1.19 bits per heavy atom. The minimum Gasteiger partial charge on any atom is -0.300 e. The minimum absolute atomic E-state index is 0.0811. The number of halogens is 2. The molecule has 3 aliphatic heterocycles. The summed E-state index contributed by atoms with van der Waals surface area (Å²) in [5, 5.41) is 8.24. The molecule has 0 radical (unpaired) electrons. The van der Waals surface area contributed by atoms with Gasteiger partial charge in [0, 0.05) is 16.9 Å². The van der Waals surface area contributed by atoms with E-state index in [1.807, 2.05) is 24.3 Å². The van der Waals surface area contributed by atoms with Crippen molar-refractivity contribution in [1.82, 2.24) is 19.9 Å². The number of hydrogen-bond donors (Lipinski definition) is 0. The fraction of sp³-hybridized carbons (Fsp3) is 0.467. The average molecular weight is 351 g/mol. The van der Waals surface area contributed by atoms with Crippen LogP contribution in [0.4, 0.5) is 4.39 Å². The van der Waals surface area contributed by atoms with Crippen LogP contribution in [-0.4, -0.2) is 39.5 Å². The zero-order valence-corrected chi connectivity index (χ0v) is 13.1. The second kappa shape index (κ2) is 4.88. The van der Waals surface area contributed by atoms with Gasteiger partial charge < -0.3 is 0 Å². The molecule has 1 atom stereocenters. The van der Waals surface area contributed by atoms with Crippen molar-refractivity contribution in [2.45, 2.75) is 18.5 Å². The average Bonchev–Trinajstić information content (AvgIpc) is 2.99. The molecule has 0 aliphatic carbocycles. The van der Waals surface area contributed by atoms with Crippen molar-refractivity contribution >= 4 is 15.9 Å². The molecule has 2 bridgehead atoms. The monoisotopic (exact) mass is 350 g/mol. The van der Waals surface area contributed by atoms with Gasteiger partial charge in [0.2, 0.25) is 0 Å². The molecule has 3 fully saturated rings.